The van der Waals surface area contributed by atoms with E-state index in [9.17, 15) is 9.59 Å². The smallest absolute Gasteiger partial charge is 0.323 e. The lowest BCUT2D eigenvalue weighted by Crippen LogP contribution is -2.44. The first-order valence-corrected chi connectivity index (χ1v) is 6.54. The minimum Gasteiger partial charge on any atom is -0.323 e. The fourth-order valence-electron chi connectivity index (χ4n) is 2.74. The van der Waals surface area contributed by atoms with Crippen LogP contribution in [0, 0.1) is 0 Å². The van der Waals surface area contributed by atoms with Crippen LogP contribution in [0.5, 0.6) is 0 Å². The Hall–Kier alpha value is -1.10. The number of nitrogens with one attached hydrogen (secondary N) is 2. The summed E-state index contributed by atoms with van der Waals surface area (Å²) in [6, 6.07) is -0.201. The fourth-order valence-corrected chi connectivity index (χ4v) is 2.74. The van der Waals surface area contributed by atoms with Crippen molar-refractivity contribution in [2.45, 2.75) is 44.6 Å². The lowest BCUT2D eigenvalue weighted by atomic mass is 9.98. The van der Waals surface area contributed by atoms with Gasteiger partial charge in [0, 0.05) is 6.54 Å². The monoisotopic (exact) mass is 239 g/mol. The highest BCUT2D eigenvalue weighted by Gasteiger charge is 2.51. The van der Waals surface area contributed by atoms with Crippen molar-refractivity contribution in [3.63, 3.8) is 0 Å². The highest BCUT2D eigenvalue weighted by molar-refractivity contribution is 6.07. The molecule has 17 heavy (non-hydrogen) atoms. The molecule has 0 aromatic rings. The molecule has 1 heterocycles. The van der Waals surface area contributed by atoms with Gasteiger partial charge in [0.05, 0.1) is 0 Å². The van der Waals surface area contributed by atoms with E-state index in [4.69, 9.17) is 0 Å². The Balaban J connectivity index is 1.90. The Bertz CT molecular complexity index is 311. The minimum atomic E-state index is -0.546. The van der Waals surface area contributed by atoms with Crippen LogP contribution in [0.4, 0.5) is 4.79 Å². The predicted octanol–water partition coefficient (Wildman–Crippen LogP) is 0.851. The van der Waals surface area contributed by atoms with Crippen LogP contribution < -0.4 is 10.6 Å². The quantitative estimate of drug-likeness (QED) is 0.552. The van der Waals surface area contributed by atoms with E-state index in [1.54, 1.807) is 0 Å². The highest BCUT2D eigenvalue weighted by atomic mass is 16.2. The zero-order valence-electron chi connectivity index (χ0n) is 10.4. The lowest BCUT2D eigenvalue weighted by molar-refractivity contribution is -0.131. The molecular formula is C12H21N3O2. The zero-order chi connectivity index (χ0) is 12.3. The van der Waals surface area contributed by atoms with Gasteiger partial charge in [-0.05, 0) is 32.4 Å². The average molecular weight is 239 g/mol. The fraction of sp³-hybridized carbons (Fsp3) is 0.833. The molecule has 1 aliphatic heterocycles. The van der Waals surface area contributed by atoms with Gasteiger partial charge >= 0.3 is 6.03 Å². The second-order valence-electron chi connectivity index (χ2n) is 4.88. The molecule has 2 rings (SSSR count). The summed E-state index contributed by atoms with van der Waals surface area (Å²) in [7, 11) is 0. The third-order valence-corrected chi connectivity index (χ3v) is 3.69. The van der Waals surface area contributed by atoms with Crippen LogP contribution in [0.25, 0.3) is 0 Å². The third-order valence-electron chi connectivity index (χ3n) is 3.69. The van der Waals surface area contributed by atoms with E-state index in [0.29, 0.717) is 6.54 Å². The molecule has 0 radical (unpaired) electrons. The van der Waals surface area contributed by atoms with Gasteiger partial charge in [0.1, 0.15) is 5.54 Å². The number of hydrogen-bond donors (Lipinski definition) is 2. The normalized spacial score (nSPS) is 22.5. The van der Waals surface area contributed by atoms with E-state index in [2.05, 4.69) is 10.6 Å². The molecule has 2 fully saturated rings. The molecule has 1 saturated carbocycles. The summed E-state index contributed by atoms with van der Waals surface area (Å²) in [6.07, 6.45) is 4.51. The summed E-state index contributed by atoms with van der Waals surface area (Å²) in [6.45, 7) is 4.34. The number of urea groups is 1. The molecule has 0 unspecified atom stereocenters. The van der Waals surface area contributed by atoms with Crippen molar-refractivity contribution in [1.82, 2.24) is 15.5 Å². The number of carbonyl (C=O) groups excluding carboxylic acids is 2. The van der Waals surface area contributed by atoms with Crippen LogP contribution in [0.3, 0.4) is 0 Å². The van der Waals surface area contributed by atoms with E-state index in [1.165, 1.54) is 4.90 Å². The molecule has 5 nitrogen and oxygen atoms in total. The van der Waals surface area contributed by atoms with Crippen molar-refractivity contribution in [2.75, 3.05) is 19.6 Å². The summed E-state index contributed by atoms with van der Waals surface area (Å²) in [5.41, 5.74) is -0.546. The Morgan fingerprint density at radius 1 is 1.35 bits per heavy atom. The van der Waals surface area contributed by atoms with Gasteiger partial charge in [-0.15, -0.1) is 0 Å². The van der Waals surface area contributed by atoms with Crippen molar-refractivity contribution in [2.24, 2.45) is 0 Å². The van der Waals surface area contributed by atoms with Gasteiger partial charge < -0.3 is 10.6 Å². The number of hydrogen-bond acceptors (Lipinski definition) is 3. The highest BCUT2D eigenvalue weighted by Crippen LogP contribution is 2.34. The summed E-state index contributed by atoms with van der Waals surface area (Å²) in [5, 5.41) is 6.08. The van der Waals surface area contributed by atoms with Crippen molar-refractivity contribution < 1.29 is 9.59 Å². The van der Waals surface area contributed by atoms with E-state index in [0.717, 1.165) is 45.2 Å². The maximum atomic E-state index is 12.2. The molecule has 0 aromatic heterocycles. The lowest BCUT2D eigenvalue weighted by Gasteiger charge is -2.19. The SMILES string of the molecule is CCNCCCN1C(=O)NC2(CCCC2)C1=O. The van der Waals surface area contributed by atoms with Gasteiger partial charge in [-0.2, -0.15) is 0 Å². The van der Waals surface area contributed by atoms with E-state index >= 15 is 0 Å². The first kappa shape index (κ1) is 12.4. The summed E-state index contributed by atoms with van der Waals surface area (Å²) in [5.74, 6) is -0.00324. The van der Waals surface area contributed by atoms with E-state index in [-0.39, 0.29) is 11.9 Å². The molecule has 5 heteroatoms. The van der Waals surface area contributed by atoms with Crippen LogP contribution in [0.15, 0.2) is 0 Å². The Morgan fingerprint density at radius 3 is 2.71 bits per heavy atom. The van der Waals surface area contributed by atoms with E-state index < -0.39 is 5.54 Å². The molecule has 0 bridgehead atoms. The second-order valence-corrected chi connectivity index (χ2v) is 4.88. The van der Waals surface area contributed by atoms with Crippen LogP contribution in [-0.2, 0) is 4.79 Å². The molecule has 0 aromatic carbocycles. The summed E-state index contributed by atoms with van der Waals surface area (Å²) < 4.78 is 0. The number of rotatable bonds is 5. The van der Waals surface area contributed by atoms with Crippen LogP contribution >= 0.6 is 0 Å². The van der Waals surface area contributed by atoms with Crippen LogP contribution in [0.2, 0.25) is 0 Å². The van der Waals surface area contributed by atoms with Gasteiger partial charge in [-0.25, -0.2) is 4.79 Å². The van der Waals surface area contributed by atoms with Crippen molar-refractivity contribution in [1.29, 1.82) is 0 Å². The topological polar surface area (TPSA) is 61.4 Å². The number of carbonyl (C=O) groups is 2. The molecule has 2 N–H and O–H groups in total. The summed E-state index contributed by atoms with van der Waals surface area (Å²) >= 11 is 0. The maximum absolute atomic E-state index is 12.2. The van der Waals surface area contributed by atoms with Gasteiger partial charge in [0.15, 0.2) is 0 Å². The standard InChI is InChI=1S/C12H21N3O2/c1-2-13-8-5-9-15-10(16)12(14-11(15)17)6-3-4-7-12/h13H,2-9H2,1H3,(H,14,17). The first-order valence-electron chi connectivity index (χ1n) is 6.54. The van der Waals surface area contributed by atoms with Crippen molar-refractivity contribution in [3.8, 4) is 0 Å². The molecule has 1 spiro atoms. The van der Waals surface area contributed by atoms with Gasteiger partial charge in [-0.3, -0.25) is 9.69 Å². The second kappa shape index (κ2) is 5.04. The predicted molar refractivity (Wildman–Crippen MR) is 64.6 cm³/mol. The number of nitrogens with zero attached hydrogens (tertiary/aromatic N) is 1. The zero-order valence-corrected chi connectivity index (χ0v) is 10.4. The molecule has 1 saturated heterocycles. The largest absolute Gasteiger partial charge is 0.325 e. The summed E-state index contributed by atoms with van der Waals surface area (Å²) in [4.78, 5) is 25.4. The average Bonchev–Trinajstić information content (AvgIpc) is 2.85. The molecular weight excluding hydrogens is 218 g/mol. The molecule has 1 aliphatic carbocycles. The van der Waals surface area contributed by atoms with Gasteiger partial charge in [0.2, 0.25) is 0 Å². The van der Waals surface area contributed by atoms with Crippen molar-refractivity contribution in [3.05, 3.63) is 0 Å². The Morgan fingerprint density at radius 2 is 2.06 bits per heavy atom. The maximum Gasteiger partial charge on any atom is 0.325 e. The van der Waals surface area contributed by atoms with Crippen LogP contribution in [0.1, 0.15) is 39.0 Å². The van der Waals surface area contributed by atoms with Gasteiger partial charge in [-0.1, -0.05) is 19.8 Å². The molecule has 0 atom stereocenters. The Labute approximate surface area is 102 Å². The van der Waals surface area contributed by atoms with Crippen molar-refractivity contribution >= 4 is 11.9 Å². The molecule has 96 valence electrons. The minimum absolute atomic E-state index is 0.00324. The number of amides is 3. The molecule has 3 amide bonds. The Kier molecular flexibility index (Phi) is 3.66. The van der Waals surface area contributed by atoms with Crippen LogP contribution in [-0.4, -0.2) is 42.0 Å². The van der Waals surface area contributed by atoms with Gasteiger partial charge in [0.25, 0.3) is 5.91 Å². The molecule has 2 aliphatic rings. The number of imide groups is 1. The third kappa shape index (κ3) is 2.29. The first-order chi connectivity index (χ1) is 8.19. The van der Waals surface area contributed by atoms with E-state index in [1.807, 2.05) is 6.92 Å².